The minimum Gasteiger partial charge on any atom is -0.288 e. The molecule has 0 spiro atoms. The number of nitrogens with zero attached hydrogens (tertiary/aromatic N) is 3. The Labute approximate surface area is 126 Å². The SMILES string of the molecule is Cn1cc(-c2ccc(/C=C/C(=O)c3cncs3)cc2)cn1. The van der Waals surface area contributed by atoms with Crippen LogP contribution in [0.15, 0.2) is 54.4 Å². The molecule has 104 valence electrons. The molecule has 21 heavy (non-hydrogen) atoms. The molecule has 0 saturated heterocycles. The molecule has 0 atom stereocenters. The highest BCUT2D eigenvalue weighted by Crippen LogP contribution is 2.19. The fourth-order valence-electron chi connectivity index (χ4n) is 1.95. The van der Waals surface area contributed by atoms with Gasteiger partial charge in [0.05, 0.1) is 16.6 Å². The number of benzene rings is 1. The van der Waals surface area contributed by atoms with E-state index in [1.165, 1.54) is 11.3 Å². The summed E-state index contributed by atoms with van der Waals surface area (Å²) < 4.78 is 1.77. The molecular formula is C16H13N3OS. The first-order valence-electron chi connectivity index (χ1n) is 6.42. The van der Waals surface area contributed by atoms with Crippen molar-refractivity contribution in [3.05, 3.63) is 64.9 Å². The Kier molecular flexibility index (Phi) is 3.75. The molecule has 0 unspecified atom stereocenters. The fraction of sp³-hybridized carbons (Fsp3) is 0.0625. The molecule has 0 aliphatic carbocycles. The maximum Gasteiger partial charge on any atom is 0.197 e. The molecule has 0 N–H and O–H groups in total. The molecule has 0 amide bonds. The smallest absolute Gasteiger partial charge is 0.197 e. The highest BCUT2D eigenvalue weighted by Gasteiger charge is 2.03. The second-order valence-corrected chi connectivity index (χ2v) is 5.47. The van der Waals surface area contributed by atoms with Gasteiger partial charge in [-0.1, -0.05) is 30.3 Å². The van der Waals surface area contributed by atoms with Gasteiger partial charge in [0.15, 0.2) is 5.78 Å². The second kappa shape index (κ2) is 5.85. The van der Waals surface area contributed by atoms with E-state index < -0.39 is 0 Å². The molecule has 0 saturated carbocycles. The van der Waals surface area contributed by atoms with Gasteiger partial charge in [0, 0.05) is 25.0 Å². The average molecular weight is 295 g/mol. The molecule has 0 radical (unpaired) electrons. The van der Waals surface area contributed by atoms with Crippen molar-refractivity contribution in [2.75, 3.05) is 0 Å². The summed E-state index contributed by atoms with van der Waals surface area (Å²) in [7, 11) is 1.89. The van der Waals surface area contributed by atoms with Gasteiger partial charge in [-0.15, -0.1) is 11.3 Å². The summed E-state index contributed by atoms with van der Waals surface area (Å²) in [5.41, 5.74) is 4.83. The van der Waals surface area contributed by atoms with Crippen LogP contribution < -0.4 is 0 Å². The number of ketones is 1. The van der Waals surface area contributed by atoms with Crippen LogP contribution >= 0.6 is 11.3 Å². The predicted molar refractivity (Wildman–Crippen MR) is 84.1 cm³/mol. The molecule has 4 nitrogen and oxygen atoms in total. The third-order valence-corrected chi connectivity index (χ3v) is 3.84. The molecule has 0 aliphatic rings. The minimum absolute atomic E-state index is 0.0196. The first kappa shape index (κ1) is 13.5. The number of carbonyl (C=O) groups excluding carboxylic acids is 1. The van der Waals surface area contributed by atoms with E-state index in [9.17, 15) is 4.79 Å². The average Bonchev–Trinajstić information content (AvgIpc) is 3.17. The van der Waals surface area contributed by atoms with E-state index in [1.54, 1.807) is 22.5 Å². The number of allylic oxidation sites excluding steroid dienone is 1. The lowest BCUT2D eigenvalue weighted by atomic mass is 10.1. The van der Waals surface area contributed by atoms with Gasteiger partial charge < -0.3 is 0 Å². The maximum absolute atomic E-state index is 11.8. The van der Waals surface area contributed by atoms with Gasteiger partial charge in [-0.2, -0.15) is 5.10 Å². The predicted octanol–water partition coefficient (Wildman–Crippen LogP) is 3.44. The van der Waals surface area contributed by atoms with Crippen molar-refractivity contribution in [3.63, 3.8) is 0 Å². The third kappa shape index (κ3) is 3.14. The Bertz CT molecular complexity index is 770. The zero-order chi connectivity index (χ0) is 14.7. The Balaban J connectivity index is 1.74. The van der Waals surface area contributed by atoms with Crippen LogP contribution in [0.5, 0.6) is 0 Å². The number of carbonyl (C=O) groups is 1. The minimum atomic E-state index is -0.0196. The van der Waals surface area contributed by atoms with E-state index in [0.717, 1.165) is 16.7 Å². The summed E-state index contributed by atoms with van der Waals surface area (Å²) in [6.45, 7) is 0. The van der Waals surface area contributed by atoms with Crippen LogP contribution in [0.3, 0.4) is 0 Å². The zero-order valence-electron chi connectivity index (χ0n) is 11.4. The molecule has 0 fully saturated rings. The lowest BCUT2D eigenvalue weighted by Crippen LogP contribution is -1.88. The van der Waals surface area contributed by atoms with Crippen LogP contribution in [0.1, 0.15) is 15.2 Å². The van der Waals surface area contributed by atoms with Crippen molar-refractivity contribution in [2.45, 2.75) is 0 Å². The van der Waals surface area contributed by atoms with Crippen molar-refractivity contribution >= 4 is 23.2 Å². The van der Waals surface area contributed by atoms with Gasteiger partial charge in [0.2, 0.25) is 0 Å². The molecule has 0 bridgehead atoms. The normalized spacial score (nSPS) is 11.1. The van der Waals surface area contributed by atoms with E-state index in [-0.39, 0.29) is 5.78 Å². The van der Waals surface area contributed by atoms with Crippen LogP contribution in [0, 0.1) is 0 Å². The first-order valence-corrected chi connectivity index (χ1v) is 7.30. The summed E-state index contributed by atoms with van der Waals surface area (Å²) >= 11 is 1.35. The molecule has 5 heteroatoms. The number of rotatable bonds is 4. The van der Waals surface area contributed by atoms with E-state index in [1.807, 2.05) is 49.8 Å². The van der Waals surface area contributed by atoms with Crippen LogP contribution in [0.4, 0.5) is 0 Å². The zero-order valence-corrected chi connectivity index (χ0v) is 12.2. The lowest BCUT2D eigenvalue weighted by Gasteiger charge is -1.98. The summed E-state index contributed by atoms with van der Waals surface area (Å²) in [6, 6.07) is 8.01. The van der Waals surface area contributed by atoms with Gasteiger partial charge in [0.25, 0.3) is 0 Å². The molecule has 1 aromatic carbocycles. The van der Waals surface area contributed by atoms with Crippen LogP contribution in [-0.2, 0) is 7.05 Å². The topological polar surface area (TPSA) is 47.8 Å². The Morgan fingerprint density at radius 1 is 1.19 bits per heavy atom. The highest BCUT2D eigenvalue weighted by molar-refractivity contribution is 7.11. The fourth-order valence-corrected chi connectivity index (χ4v) is 2.49. The van der Waals surface area contributed by atoms with Crippen LogP contribution in [0.25, 0.3) is 17.2 Å². The molecule has 3 aromatic rings. The monoisotopic (exact) mass is 295 g/mol. The summed E-state index contributed by atoms with van der Waals surface area (Å²) in [5, 5.41) is 4.16. The lowest BCUT2D eigenvalue weighted by molar-refractivity contribution is 0.105. The molecule has 2 aromatic heterocycles. The number of thiazole rings is 1. The summed E-state index contributed by atoms with van der Waals surface area (Å²) in [5.74, 6) is -0.0196. The summed E-state index contributed by atoms with van der Waals surface area (Å²) in [4.78, 5) is 16.4. The molecule has 2 heterocycles. The van der Waals surface area contributed by atoms with Crippen molar-refractivity contribution in [1.82, 2.24) is 14.8 Å². The standard InChI is InChI=1S/C16H13N3OS/c1-19-10-14(8-18-19)13-5-2-12(3-6-13)4-7-15(20)16-9-17-11-21-16/h2-11H,1H3/b7-4+. The largest absolute Gasteiger partial charge is 0.288 e. The number of hydrogen-bond donors (Lipinski definition) is 0. The van der Waals surface area contributed by atoms with Gasteiger partial charge in [-0.3, -0.25) is 14.5 Å². The number of hydrogen-bond acceptors (Lipinski definition) is 4. The van der Waals surface area contributed by atoms with Gasteiger partial charge in [-0.05, 0) is 17.2 Å². The summed E-state index contributed by atoms with van der Waals surface area (Å²) in [6.07, 6.45) is 8.78. The maximum atomic E-state index is 11.8. The van der Waals surface area contributed by atoms with Gasteiger partial charge in [-0.25, -0.2) is 0 Å². The second-order valence-electron chi connectivity index (χ2n) is 4.59. The van der Waals surface area contributed by atoms with Crippen molar-refractivity contribution < 1.29 is 4.79 Å². The number of aromatic nitrogens is 3. The van der Waals surface area contributed by atoms with Crippen molar-refractivity contribution in [2.24, 2.45) is 7.05 Å². The third-order valence-electron chi connectivity index (χ3n) is 3.05. The quantitative estimate of drug-likeness (QED) is 0.547. The Hall–Kier alpha value is -2.53. The van der Waals surface area contributed by atoms with Crippen molar-refractivity contribution in [3.8, 4) is 11.1 Å². The van der Waals surface area contributed by atoms with Crippen molar-refractivity contribution in [1.29, 1.82) is 0 Å². The van der Waals surface area contributed by atoms with Gasteiger partial charge in [0.1, 0.15) is 0 Å². The van der Waals surface area contributed by atoms with Crippen LogP contribution in [0.2, 0.25) is 0 Å². The first-order chi connectivity index (χ1) is 10.2. The van der Waals surface area contributed by atoms with E-state index in [4.69, 9.17) is 0 Å². The molecule has 3 rings (SSSR count). The van der Waals surface area contributed by atoms with E-state index in [2.05, 4.69) is 10.1 Å². The number of aryl methyl sites for hydroxylation is 1. The van der Waals surface area contributed by atoms with E-state index in [0.29, 0.717) is 4.88 Å². The Morgan fingerprint density at radius 2 is 2.00 bits per heavy atom. The van der Waals surface area contributed by atoms with E-state index >= 15 is 0 Å². The molecular weight excluding hydrogens is 282 g/mol. The highest BCUT2D eigenvalue weighted by atomic mass is 32.1. The Morgan fingerprint density at radius 3 is 2.62 bits per heavy atom. The molecule has 0 aliphatic heterocycles. The van der Waals surface area contributed by atoms with Crippen LogP contribution in [-0.4, -0.2) is 20.5 Å². The van der Waals surface area contributed by atoms with Gasteiger partial charge >= 0.3 is 0 Å².